The van der Waals surface area contributed by atoms with Gasteiger partial charge < -0.3 is 8.97 Å². The van der Waals surface area contributed by atoms with Gasteiger partial charge in [-0.05, 0) is 42.1 Å². The van der Waals surface area contributed by atoms with Crippen molar-refractivity contribution in [3.63, 3.8) is 0 Å². The maximum absolute atomic E-state index is 4.66. The van der Waals surface area contributed by atoms with Crippen LogP contribution in [0.15, 0.2) is 61.1 Å². The molecule has 0 atom stereocenters. The highest BCUT2D eigenvalue weighted by Crippen LogP contribution is 2.18. The van der Waals surface area contributed by atoms with Crippen molar-refractivity contribution in [2.24, 2.45) is 0 Å². The summed E-state index contributed by atoms with van der Waals surface area (Å²) in [6.07, 6.45) is 6.26. The Bertz CT molecular complexity index is 866. The quantitative estimate of drug-likeness (QED) is 0.540. The predicted octanol–water partition coefficient (Wildman–Crippen LogP) is 3.65. The maximum atomic E-state index is 4.66. The second-order valence-electron chi connectivity index (χ2n) is 5.20. The van der Waals surface area contributed by atoms with Crippen molar-refractivity contribution < 1.29 is 0 Å². The van der Waals surface area contributed by atoms with Gasteiger partial charge in [-0.15, -0.1) is 0 Å². The van der Waals surface area contributed by atoms with E-state index in [9.17, 15) is 0 Å². The lowest BCUT2D eigenvalue weighted by molar-refractivity contribution is 0.815. The number of nitrogens with zero attached hydrogens (tertiary/aromatic N) is 3. The number of hydrogen-bond donors (Lipinski definition) is 0. The van der Waals surface area contributed by atoms with E-state index in [1.807, 2.05) is 24.4 Å². The normalized spacial score (nSPS) is 11.4. The first kappa shape index (κ1) is 11.3. The summed E-state index contributed by atoms with van der Waals surface area (Å²) in [5, 5.41) is 1.28. The Kier molecular flexibility index (Phi) is 2.39. The summed E-state index contributed by atoms with van der Waals surface area (Å²) in [5.74, 6) is 0. The van der Waals surface area contributed by atoms with Crippen LogP contribution in [0, 0.1) is 6.92 Å². The smallest absolute Gasteiger partial charge is 0.137 e. The summed E-state index contributed by atoms with van der Waals surface area (Å²) in [6, 6.07) is 14.8. The van der Waals surface area contributed by atoms with Gasteiger partial charge in [-0.2, -0.15) is 0 Å². The highest BCUT2D eigenvalue weighted by Gasteiger charge is 2.05. The molecule has 0 aliphatic carbocycles. The molecule has 3 heterocycles. The molecule has 0 fully saturated rings. The lowest BCUT2D eigenvalue weighted by atomic mass is 10.2. The molecule has 4 aromatic rings. The lowest BCUT2D eigenvalue weighted by Crippen LogP contribution is -1.98. The molecule has 0 spiro atoms. The number of imidazole rings is 1. The summed E-state index contributed by atoms with van der Waals surface area (Å²) < 4.78 is 4.32. The van der Waals surface area contributed by atoms with E-state index in [0.717, 1.165) is 17.9 Å². The zero-order valence-electron chi connectivity index (χ0n) is 11.3. The Morgan fingerprint density at radius 2 is 2.00 bits per heavy atom. The second kappa shape index (κ2) is 4.23. The van der Waals surface area contributed by atoms with E-state index in [0.29, 0.717) is 0 Å². The Morgan fingerprint density at radius 1 is 1.05 bits per heavy atom. The molecule has 0 saturated carbocycles. The van der Waals surface area contributed by atoms with E-state index in [1.54, 1.807) is 0 Å². The highest BCUT2D eigenvalue weighted by atomic mass is 15.0. The molecule has 0 bridgehead atoms. The van der Waals surface area contributed by atoms with Crippen molar-refractivity contribution in [2.75, 3.05) is 0 Å². The molecule has 3 heteroatoms. The molecule has 3 aromatic heterocycles. The van der Waals surface area contributed by atoms with Crippen LogP contribution in [0.2, 0.25) is 0 Å². The Balaban J connectivity index is 1.78. The largest absolute Gasteiger partial charge is 0.341 e. The minimum Gasteiger partial charge on any atom is -0.341 e. The van der Waals surface area contributed by atoms with Crippen LogP contribution in [0.25, 0.3) is 16.6 Å². The molecule has 0 saturated heterocycles. The summed E-state index contributed by atoms with van der Waals surface area (Å²) in [5.41, 5.74) is 4.62. The highest BCUT2D eigenvalue weighted by molar-refractivity contribution is 5.80. The zero-order chi connectivity index (χ0) is 13.5. The van der Waals surface area contributed by atoms with Crippen LogP contribution >= 0.6 is 0 Å². The van der Waals surface area contributed by atoms with Crippen molar-refractivity contribution >= 4 is 16.6 Å². The van der Waals surface area contributed by atoms with Crippen molar-refractivity contribution in [3.8, 4) is 0 Å². The van der Waals surface area contributed by atoms with Gasteiger partial charge in [0.25, 0.3) is 0 Å². The maximum Gasteiger partial charge on any atom is 0.137 e. The standard InChI is InChI=1S/C17H15N3/c1-13-5-6-14-7-9-19(16(14)10-13)11-15-12-20-8-3-2-4-17(20)18-15/h2-10,12H,11H2,1H3. The minimum absolute atomic E-state index is 0.800. The molecule has 0 amide bonds. The molecule has 4 rings (SSSR count). The van der Waals surface area contributed by atoms with E-state index in [1.165, 1.54) is 16.5 Å². The van der Waals surface area contributed by atoms with Gasteiger partial charge in [0.15, 0.2) is 0 Å². The van der Waals surface area contributed by atoms with Crippen LogP contribution in [0.1, 0.15) is 11.3 Å². The third-order valence-electron chi connectivity index (χ3n) is 3.68. The molecule has 0 unspecified atom stereocenters. The van der Waals surface area contributed by atoms with Crippen LogP contribution in [0.5, 0.6) is 0 Å². The number of aromatic nitrogens is 3. The molecule has 0 aliphatic rings. The van der Waals surface area contributed by atoms with E-state index in [-0.39, 0.29) is 0 Å². The summed E-state index contributed by atoms with van der Waals surface area (Å²) in [6.45, 7) is 2.93. The molecule has 1 aromatic carbocycles. The van der Waals surface area contributed by atoms with E-state index >= 15 is 0 Å². The van der Waals surface area contributed by atoms with E-state index in [2.05, 4.69) is 57.5 Å². The van der Waals surface area contributed by atoms with Gasteiger partial charge >= 0.3 is 0 Å². The van der Waals surface area contributed by atoms with Crippen molar-refractivity contribution in [3.05, 3.63) is 72.3 Å². The minimum atomic E-state index is 0.800. The average Bonchev–Trinajstić information content (AvgIpc) is 3.03. The molecule has 98 valence electrons. The fraction of sp³-hybridized carbons (Fsp3) is 0.118. The first-order valence-electron chi connectivity index (χ1n) is 6.78. The Hall–Kier alpha value is -2.55. The topological polar surface area (TPSA) is 22.2 Å². The molecule has 0 radical (unpaired) electrons. The van der Waals surface area contributed by atoms with Gasteiger partial charge in [0.2, 0.25) is 0 Å². The van der Waals surface area contributed by atoms with Crippen LogP contribution < -0.4 is 0 Å². The summed E-state index contributed by atoms with van der Waals surface area (Å²) in [7, 11) is 0. The fourth-order valence-corrected chi connectivity index (χ4v) is 2.67. The summed E-state index contributed by atoms with van der Waals surface area (Å²) >= 11 is 0. The van der Waals surface area contributed by atoms with Gasteiger partial charge in [-0.25, -0.2) is 4.98 Å². The SMILES string of the molecule is Cc1ccc2ccn(Cc3cn4ccccc4n3)c2c1. The lowest BCUT2D eigenvalue weighted by Gasteiger charge is -2.03. The van der Waals surface area contributed by atoms with Crippen LogP contribution in [0.3, 0.4) is 0 Å². The van der Waals surface area contributed by atoms with Gasteiger partial charge in [0.1, 0.15) is 5.65 Å². The Labute approximate surface area is 117 Å². The van der Waals surface area contributed by atoms with Gasteiger partial charge in [-0.1, -0.05) is 18.2 Å². The second-order valence-corrected chi connectivity index (χ2v) is 5.20. The molecular formula is C17H15N3. The molecule has 0 N–H and O–H groups in total. The number of aryl methyl sites for hydroxylation is 1. The van der Waals surface area contributed by atoms with Crippen molar-refractivity contribution in [1.82, 2.24) is 14.0 Å². The van der Waals surface area contributed by atoms with Crippen molar-refractivity contribution in [2.45, 2.75) is 13.5 Å². The third-order valence-corrected chi connectivity index (χ3v) is 3.68. The third kappa shape index (κ3) is 1.79. The van der Waals surface area contributed by atoms with Gasteiger partial charge in [0, 0.05) is 24.1 Å². The average molecular weight is 261 g/mol. The van der Waals surface area contributed by atoms with Crippen LogP contribution in [-0.2, 0) is 6.54 Å². The molecular weight excluding hydrogens is 246 g/mol. The summed E-state index contributed by atoms with van der Waals surface area (Å²) in [4.78, 5) is 4.66. The number of hydrogen-bond acceptors (Lipinski definition) is 1. The van der Waals surface area contributed by atoms with Crippen LogP contribution in [-0.4, -0.2) is 14.0 Å². The first-order chi connectivity index (χ1) is 9.79. The number of pyridine rings is 1. The molecule has 20 heavy (non-hydrogen) atoms. The predicted molar refractivity (Wildman–Crippen MR) is 81.0 cm³/mol. The zero-order valence-corrected chi connectivity index (χ0v) is 11.3. The van der Waals surface area contributed by atoms with E-state index < -0.39 is 0 Å². The number of fused-ring (bicyclic) bond motifs is 2. The van der Waals surface area contributed by atoms with E-state index in [4.69, 9.17) is 0 Å². The molecule has 3 nitrogen and oxygen atoms in total. The van der Waals surface area contributed by atoms with Gasteiger partial charge in [0.05, 0.1) is 12.2 Å². The van der Waals surface area contributed by atoms with Crippen molar-refractivity contribution in [1.29, 1.82) is 0 Å². The number of rotatable bonds is 2. The Morgan fingerprint density at radius 3 is 2.90 bits per heavy atom. The van der Waals surface area contributed by atoms with Crippen LogP contribution in [0.4, 0.5) is 0 Å². The molecule has 0 aliphatic heterocycles. The monoisotopic (exact) mass is 261 g/mol. The fourth-order valence-electron chi connectivity index (χ4n) is 2.67. The number of benzene rings is 1. The first-order valence-corrected chi connectivity index (χ1v) is 6.78. The van der Waals surface area contributed by atoms with Gasteiger partial charge in [-0.3, -0.25) is 0 Å².